The van der Waals surface area contributed by atoms with Crippen molar-refractivity contribution in [1.82, 2.24) is 9.78 Å². The van der Waals surface area contributed by atoms with Crippen LogP contribution in [-0.2, 0) is 7.05 Å². The van der Waals surface area contributed by atoms with Crippen molar-refractivity contribution in [3.05, 3.63) is 41.5 Å². The van der Waals surface area contributed by atoms with Crippen LogP contribution in [0.15, 0.2) is 24.4 Å². The van der Waals surface area contributed by atoms with Crippen molar-refractivity contribution < 1.29 is 19.1 Å². The highest BCUT2D eigenvalue weighted by molar-refractivity contribution is 6.04. The lowest BCUT2D eigenvalue weighted by atomic mass is 10.2. The number of carbonyl (C=O) groups excluding carboxylic acids is 1. The van der Waals surface area contributed by atoms with Gasteiger partial charge < -0.3 is 15.7 Å². The van der Waals surface area contributed by atoms with Gasteiger partial charge in [-0.3, -0.25) is 4.68 Å². The maximum absolute atomic E-state index is 13.0. The topological polar surface area (TPSA) is 96.3 Å². The SMILES string of the molecule is Cc1nn(C)cc1NC(=O)Nc1ccc(F)cc1C(=O)O. The van der Waals surface area contributed by atoms with E-state index in [9.17, 15) is 14.0 Å². The first kappa shape index (κ1) is 14.5. The Bertz CT molecular complexity index is 711. The van der Waals surface area contributed by atoms with Gasteiger partial charge in [0.1, 0.15) is 5.82 Å². The lowest BCUT2D eigenvalue weighted by molar-refractivity contribution is 0.0697. The van der Waals surface area contributed by atoms with Gasteiger partial charge in [-0.05, 0) is 25.1 Å². The van der Waals surface area contributed by atoms with E-state index in [0.29, 0.717) is 11.4 Å². The van der Waals surface area contributed by atoms with Gasteiger partial charge >= 0.3 is 12.0 Å². The van der Waals surface area contributed by atoms with Gasteiger partial charge in [0, 0.05) is 13.2 Å². The van der Waals surface area contributed by atoms with Crippen LogP contribution in [0.1, 0.15) is 16.1 Å². The van der Waals surface area contributed by atoms with Crippen molar-refractivity contribution in [3.63, 3.8) is 0 Å². The summed E-state index contributed by atoms with van der Waals surface area (Å²) in [6.07, 6.45) is 1.61. The molecule has 2 aromatic rings. The zero-order valence-electron chi connectivity index (χ0n) is 11.3. The summed E-state index contributed by atoms with van der Waals surface area (Å²) in [7, 11) is 1.71. The highest BCUT2D eigenvalue weighted by Crippen LogP contribution is 2.18. The third kappa shape index (κ3) is 3.35. The van der Waals surface area contributed by atoms with Gasteiger partial charge in [0.2, 0.25) is 0 Å². The first-order valence-electron chi connectivity index (χ1n) is 5.98. The molecule has 110 valence electrons. The number of anilines is 2. The molecule has 7 nitrogen and oxygen atoms in total. The molecule has 2 amide bonds. The third-order valence-corrected chi connectivity index (χ3v) is 2.72. The fraction of sp³-hybridized carbons (Fsp3) is 0.154. The van der Waals surface area contributed by atoms with Crippen LogP contribution < -0.4 is 10.6 Å². The van der Waals surface area contributed by atoms with Crippen molar-refractivity contribution in [2.24, 2.45) is 7.05 Å². The van der Waals surface area contributed by atoms with E-state index >= 15 is 0 Å². The number of rotatable bonds is 3. The Balaban J connectivity index is 2.16. The second kappa shape index (κ2) is 5.61. The molecule has 3 N–H and O–H groups in total. The fourth-order valence-corrected chi connectivity index (χ4v) is 1.80. The average molecular weight is 292 g/mol. The van der Waals surface area contributed by atoms with Crippen molar-refractivity contribution >= 4 is 23.4 Å². The van der Waals surface area contributed by atoms with Gasteiger partial charge in [-0.15, -0.1) is 0 Å². The first-order valence-corrected chi connectivity index (χ1v) is 5.98. The molecule has 0 aliphatic rings. The van der Waals surface area contributed by atoms with Crippen LogP contribution in [0.2, 0.25) is 0 Å². The lowest BCUT2D eigenvalue weighted by Gasteiger charge is -2.09. The van der Waals surface area contributed by atoms with Crippen molar-refractivity contribution in [2.75, 3.05) is 10.6 Å². The number of carboxylic acid groups (broad SMARTS) is 1. The molecule has 21 heavy (non-hydrogen) atoms. The summed E-state index contributed by atoms with van der Waals surface area (Å²) in [6, 6.07) is 2.46. The van der Waals surface area contributed by atoms with Crippen LogP contribution in [0.4, 0.5) is 20.6 Å². The molecule has 0 unspecified atom stereocenters. The number of halogens is 1. The second-order valence-electron chi connectivity index (χ2n) is 4.38. The monoisotopic (exact) mass is 292 g/mol. The van der Waals surface area contributed by atoms with Gasteiger partial charge in [0.25, 0.3) is 0 Å². The van der Waals surface area contributed by atoms with Crippen molar-refractivity contribution in [1.29, 1.82) is 0 Å². The zero-order chi connectivity index (χ0) is 15.6. The molecule has 0 saturated carbocycles. The number of aromatic nitrogens is 2. The zero-order valence-corrected chi connectivity index (χ0v) is 11.3. The van der Waals surface area contributed by atoms with Crippen LogP contribution >= 0.6 is 0 Å². The van der Waals surface area contributed by atoms with Crippen molar-refractivity contribution in [3.8, 4) is 0 Å². The molecule has 0 spiro atoms. The van der Waals surface area contributed by atoms with Gasteiger partial charge in [-0.1, -0.05) is 0 Å². The lowest BCUT2D eigenvalue weighted by Crippen LogP contribution is -2.21. The summed E-state index contributed by atoms with van der Waals surface area (Å²) in [5, 5.41) is 18.0. The maximum Gasteiger partial charge on any atom is 0.337 e. The van der Waals surface area contributed by atoms with Crippen LogP contribution in [0.25, 0.3) is 0 Å². The number of carboxylic acids is 1. The molecule has 0 fully saturated rings. The Labute approximate surface area is 119 Å². The number of nitrogens with one attached hydrogen (secondary N) is 2. The van der Waals surface area contributed by atoms with Gasteiger partial charge in [-0.25, -0.2) is 14.0 Å². The number of hydrogen-bond donors (Lipinski definition) is 3. The fourth-order valence-electron chi connectivity index (χ4n) is 1.80. The number of aryl methyl sites for hydroxylation is 2. The Kier molecular flexibility index (Phi) is 3.88. The summed E-state index contributed by atoms with van der Waals surface area (Å²) in [5.74, 6) is -2.02. The first-order chi connectivity index (χ1) is 9.86. The standard InChI is InChI=1S/C13H13FN4O3/c1-7-11(6-18(2)17-7)16-13(21)15-10-4-3-8(14)5-9(10)12(19)20/h3-6H,1-2H3,(H,19,20)(H2,15,16,21). The van der Waals surface area contributed by atoms with E-state index in [-0.39, 0.29) is 11.3 Å². The van der Waals surface area contributed by atoms with E-state index < -0.39 is 17.8 Å². The molecular formula is C13H13FN4O3. The smallest absolute Gasteiger partial charge is 0.337 e. The molecule has 2 rings (SSSR count). The minimum atomic E-state index is -1.33. The highest BCUT2D eigenvalue weighted by atomic mass is 19.1. The van der Waals surface area contributed by atoms with E-state index in [2.05, 4.69) is 15.7 Å². The average Bonchev–Trinajstić information content (AvgIpc) is 2.69. The predicted molar refractivity (Wildman–Crippen MR) is 73.9 cm³/mol. The van der Waals surface area contributed by atoms with E-state index in [0.717, 1.165) is 12.1 Å². The van der Waals surface area contributed by atoms with Crippen molar-refractivity contribution in [2.45, 2.75) is 6.92 Å². The molecule has 1 heterocycles. The normalized spacial score (nSPS) is 10.2. The predicted octanol–water partition coefficient (Wildman–Crippen LogP) is 2.21. The molecule has 8 heteroatoms. The maximum atomic E-state index is 13.0. The van der Waals surface area contributed by atoms with E-state index in [1.165, 1.54) is 10.7 Å². The molecule has 0 aliphatic heterocycles. The Morgan fingerprint density at radius 1 is 1.29 bits per heavy atom. The van der Waals surface area contributed by atoms with Crippen LogP contribution in [0, 0.1) is 12.7 Å². The molecular weight excluding hydrogens is 279 g/mol. The summed E-state index contributed by atoms with van der Waals surface area (Å²) in [6.45, 7) is 1.72. The van der Waals surface area contributed by atoms with Crippen LogP contribution in [0.3, 0.4) is 0 Å². The Morgan fingerprint density at radius 3 is 2.52 bits per heavy atom. The number of nitrogens with zero attached hydrogens (tertiary/aromatic N) is 2. The Morgan fingerprint density at radius 2 is 1.95 bits per heavy atom. The molecule has 1 aromatic heterocycles. The second-order valence-corrected chi connectivity index (χ2v) is 4.38. The third-order valence-electron chi connectivity index (χ3n) is 2.72. The van der Waals surface area contributed by atoms with Crippen LogP contribution in [0.5, 0.6) is 0 Å². The quantitative estimate of drug-likeness (QED) is 0.808. The number of benzene rings is 1. The summed E-state index contributed by atoms with van der Waals surface area (Å²) < 4.78 is 14.6. The minimum absolute atomic E-state index is 0.00273. The van der Waals surface area contributed by atoms with E-state index in [1.54, 1.807) is 20.2 Å². The molecule has 0 saturated heterocycles. The number of hydrogen-bond acceptors (Lipinski definition) is 3. The minimum Gasteiger partial charge on any atom is -0.478 e. The molecule has 0 bridgehead atoms. The largest absolute Gasteiger partial charge is 0.478 e. The number of urea groups is 1. The molecule has 0 radical (unpaired) electrons. The van der Waals surface area contributed by atoms with Gasteiger partial charge in [0.05, 0.1) is 22.6 Å². The summed E-state index contributed by atoms with van der Waals surface area (Å²) in [5.41, 5.74) is 0.787. The molecule has 0 atom stereocenters. The Hall–Kier alpha value is -2.90. The summed E-state index contributed by atoms with van der Waals surface area (Å²) >= 11 is 0. The summed E-state index contributed by atoms with van der Waals surface area (Å²) in [4.78, 5) is 22.9. The van der Waals surface area contributed by atoms with Gasteiger partial charge in [0.15, 0.2) is 0 Å². The highest BCUT2D eigenvalue weighted by Gasteiger charge is 2.14. The van der Waals surface area contributed by atoms with E-state index in [4.69, 9.17) is 5.11 Å². The van der Waals surface area contributed by atoms with Crippen LogP contribution in [-0.4, -0.2) is 26.9 Å². The van der Waals surface area contributed by atoms with Gasteiger partial charge in [-0.2, -0.15) is 5.10 Å². The molecule has 0 aliphatic carbocycles. The number of carbonyl (C=O) groups is 2. The molecule has 1 aromatic carbocycles. The number of aromatic carboxylic acids is 1. The number of amides is 2. The van der Waals surface area contributed by atoms with E-state index in [1.807, 2.05) is 0 Å².